The summed E-state index contributed by atoms with van der Waals surface area (Å²) in [5.74, 6) is 0.977. The first kappa shape index (κ1) is 18.7. The first-order valence-corrected chi connectivity index (χ1v) is 8.65. The SMILES string of the molecule is COc1ccc(C(=O)Nc2ccc3c(c2)OCC(=O)N3CCN(C)C)cc1. The van der Waals surface area contributed by atoms with E-state index in [4.69, 9.17) is 9.47 Å². The molecule has 1 aliphatic heterocycles. The standard InChI is InChI=1S/C20H23N3O4/c1-22(2)10-11-23-17-9-6-15(12-18(17)27-13-19(23)24)21-20(25)14-4-7-16(26-3)8-5-14/h4-9,12H,10-11,13H2,1-3H3,(H,21,25). The lowest BCUT2D eigenvalue weighted by Crippen LogP contribution is -2.42. The Kier molecular flexibility index (Phi) is 5.61. The van der Waals surface area contributed by atoms with Crippen molar-refractivity contribution in [2.45, 2.75) is 0 Å². The van der Waals surface area contributed by atoms with Gasteiger partial charge in [-0.05, 0) is 50.5 Å². The van der Waals surface area contributed by atoms with E-state index in [-0.39, 0.29) is 18.4 Å². The van der Waals surface area contributed by atoms with E-state index in [1.165, 1.54) is 0 Å². The zero-order valence-electron chi connectivity index (χ0n) is 15.7. The molecule has 1 N–H and O–H groups in total. The Morgan fingerprint density at radius 3 is 2.63 bits per heavy atom. The summed E-state index contributed by atoms with van der Waals surface area (Å²) in [6.07, 6.45) is 0. The number of anilines is 2. The van der Waals surface area contributed by atoms with E-state index in [2.05, 4.69) is 5.32 Å². The Morgan fingerprint density at radius 2 is 1.96 bits per heavy atom. The number of fused-ring (bicyclic) bond motifs is 1. The van der Waals surface area contributed by atoms with Crippen molar-refractivity contribution in [2.24, 2.45) is 0 Å². The van der Waals surface area contributed by atoms with Crippen molar-refractivity contribution in [3.8, 4) is 11.5 Å². The van der Waals surface area contributed by atoms with Gasteiger partial charge in [0.05, 0.1) is 12.8 Å². The number of likely N-dealkylation sites (N-methyl/N-ethyl adjacent to an activating group) is 1. The Balaban J connectivity index is 1.75. The summed E-state index contributed by atoms with van der Waals surface area (Å²) in [6.45, 7) is 1.33. The molecule has 0 fully saturated rings. The van der Waals surface area contributed by atoms with Gasteiger partial charge in [0.15, 0.2) is 6.61 Å². The van der Waals surface area contributed by atoms with Crippen LogP contribution in [0.2, 0.25) is 0 Å². The molecule has 1 aliphatic rings. The molecule has 0 spiro atoms. The van der Waals surface area contributed by atoms with Crippen molar-refractivity contribution in [3.63, 3.8) is 0 Å². The molecule has 0 radical (unpaired) electrons. The highest BCUT2D eigenvalue weighted by atomic mass is 16.5. The molecule has 1 heterocycles. The molecule has 3 rings (SSSR count). The minimum atomic E-state index is -0.228. The number of amides is 2. The van der Waals surface area contributed by atoms with Crippen LogP contribution in [0.4, 0.5) is 11.4 Å². The van der Waals surface area contributed by atoms with Gasteiger partial charge in [-0.15, -0.1) is 0 Å². The van der Waals surface area contributed by atoms with Crippen LogP contribution in [0.3, 0.4) is 0 Å². The average Bonchev–Trinajstić information content (AvgIpc) is 2.67. The Hall–Kier alpha value is -3.06. The Labute approximate surface area is 158 Å². The summed E-state index contributed by atoms with van der Waals surface area (Å²) in [7, 11) is 5.50. The normalized spacial score (nSPS) is 13.2. The molecular weight excluding hydrogens is 346 g/mol. The van der Waals surface area contributed by atoms with Crippen LogP contribution in [-0.4, -0.2) is 57.6 Å². The highest BCUT2D eigenvalue weighted by Gasteiger charge is 2.25. The Morgan fingerprint density at radius 1 is 1.22 bits per heavy atom. The molecule has 0 saturated carbocycles. The van der Waals surface area contributed by atoms with E-state index in [0.29, 0.717) is 29.3 Å². The van der Waals surface area contributed by atoms with Crippen LogP contribution in [-0.2, 0) is 4.79 Å². The van der Waals surface area contributed by atoms with Crippen LogP contribution in [0.25, 0.3) is 0 Å². The zero-order chi connectivity index (χ0) is 19.4. The largest absolute Gasteiger partial charge is 0.497 e. The van der Waals surface area contributed by atoms with Crippen molar-refractivity contribution in [3.05, 3.63) is 48.0 Å². The number of rotatable bonds is 6. The number of benzene rings is 2. The van der Waals surface area contributed by atoms with E-state index in [1.807, 2.05) is 19.0 Å². The van der Waals surface area contributed by atoms with Gasteiger partial charge >= 0.3 is 0 Å². The van der Waals surface area contributed by atoms with Gasteiger partial charge in [0.2, 0.25) is 0 Å². The fraction of sp³-hybridized carbons (Fsp3) is 0.300. The van der Waals surface area contributed by atoms with Crippen LogP contribution < -0.4 is 19.7 Å². The summed E-state index contributed by atoms with van der Waals surface area (Å²) in [5.41, 5.74) is 1.85. The topological polar surface area (TPSA) is 71.1 Å². The third-order valence-corrected chi connectivity index (χ3v) is 4.28. The fourth-order valence-electron chi connectivity index (χ4n) is 2.77. The first-order chi connectivity index (χ1) is 13.0. The summed E-state index contributed by atoms with van der Waals surface area (Å²) in [5, 5.41) is 2.85. The van der Waals surface area contributed by atoms with Crippen LogP contribution >= 0.6 is 0 Å². The van der Waals surface area contributed by atoms with Crippen molar-refractivity contribution in [1.29, 1.82) is 0 Å². The monoisotopic (exact) mass is 369 g/mol. The minimum absolute atomic E-state index is 0.00366. The van der Waals surface area contributed by atoms with Gasteiger partial charge in [0.25, 0.3) is 11.8 Å². The van der Waals surface area contributed by atoms with Gasteiger partial charge < -0.3 is 24.6 Å². The molecule has 0 unspecified atom stereocenters. The molecule has 0 aromatic heterocycles. The number of nitrogens with one attached hydrogen (secondary N) is 1. The molecule has 0 saturated heterocycles. The second-order valence-electron chi connectivity index (χ2n) is 6.50. The molecule has 2 aromatic carbocycles. The van der Waals surface area contributed by atoms with Crippen LogP contribution in [0.5, 0.6) is 11.5 Å². The fourth-order valence-corrected chi connectivity index (χ4v) is 2.77. The minimum Gasteiger partial charge on any atom is -0.497 e. The summed E-state index contributed by atoms with van der Waals surface area (Å²) < 4.78 is 10.7. The highest BCUT2D eigenvalue weighted by molar-refractivity contribution is 6.05. The lowest BCUT2D eigenvalue weighted by molar-refractivity contribution is -0.121. The molecule has 7 heteroatoms. The smallest absolute Gasteiger partial charge is 0.265 e. The molecule has 2 amide bonds. The van der Waals surface area contributed by atoms with Crippen LogP contribution in [0, 0.1) is 0 Å². The molecular formula is C20H23N3O4. The number of ether oxygens (including phenoxy) is 2. The number of hydrogen-bond acceptors (Lipinski definition) is 5. The summed E-state index contributed by atoms with van der Waals surface area (Å²) in [4.78, 5) is 28.3. The van der Waals surface area contributed by atoms with Crippen molar-refractivity contribution < 1.29 is 19.1 Å². The maximum atomic E-state index is 12.4. The van der Waals surface area contributed by atoms with E-state index >= 15 is 0 Å². The second kappa shape index (κ2) is 8.09. The average molecular weight is 369 g/mol. The molecule has 27 heavy (non-hydrogen) atoms. The quantitative estimate of drug-likeness (QED) is 0.846. The summed E-state index contributed by atoms with van der Waals surface area (Å²) in [6, 6.07) is 12.2. The highest BCUT2D eigenvalue weighted by Crippen LogP contribution is 2.34. The second-order valence-corrected chi connectivity index (χ2v) is 6.50. The van der Waals surface area contributed by atoms with Gasteiger partial charge in [0, 0.05) is 30.4 Å². The van der Waals surface area contributed by atoms with Gasteiger partial charge in [0.1, 0.15) is 11.5 Å². The van der Waals surface area contributed by atoms with Gasteiger partial charge in [-0.25, -0.2) is 0 Å². The molecule has 7 nitrogen and oxygen atoms in total. The Bertz CT molecular complexity index is 834. The zero-order valence-corrected chi connectivity index (χ0v) is 15.7. The number of carbonyl (C=O) groups excluding carboxylic acids is 2. The predicted molar refractivity (Wildman–Crippen MR) is 104 cm³/mol. The van der Waals surface area contributed by atoms with Crippen molar-refractivity contribution in [1.82, 2.24) is 4.90 Å². The number of carbonyl (C=O) groups is 2. The van der Waals surface area contributed by atoms with Crippen LogP contribution in [0.1, 0.15) is 10.4 Å². The predicted octanol–water partition coefficient (Wildman–Crippen LogP) is 2.23. The molecule has 0 atom stereocenters. The van der Waals surface area contributed by atoms with E-state index < -0.39 is 0 Å². The number of methoxy groups -OCH3 is 1. The van der Waals surface area contributed by atoms with E-state index in [1.54, 1.807) is 54.5 Å². The van der Waals surface area contributed by atoms with Gasteiger partial charge in [-0.1, -0.05) is 0 Å². The van der Waals surface area contributed by atoms with E-state index in [0.717, 1.165) is 12.2 Å². The maximum absolute atomic E-state index is 12.4. The van der Waals surface area contributed by atoms with Crippen LogP contribution in [0.15, 0.2) is 42.5 Å². The van der Waals surface area contributed by atoms with Gasteiger partial charge in [-0.3, -0.25) is 9.59 Å². The molecule has 0 bridgehead atoms. The summed E-state index contributed by atoms with van der Waals surface area (Å²) >= 11 is 0. The van der Waals surface area contributed by atoms with Gasteiger partial charge in [-0.2, -0.15) is 0 Å². The third-order valence-electron chi connectivity index (χ3n) is 4.28. The van der Waals surface area contributed by atoms with Crippen molar-refractivity contribution >= 4 is 23.2 Å². The third kappa shape index (κ3) is 4.38. The number of nitrogens with zero attached hydrogens (tertiary/aromatic N) is 2. The lowest BCUT2D eigenvalue weighted by Gasteiger charge is -2.30. The molecule has 142 valence electrons. The number of hydrogen-bond donors (Lipinski definition) is 1. The van der Waals surface area contributed by atoms with Crippen molar-refractivity contribution in [2.75, 3.05) is 51.1 Å². The lowest BCUT2D eigenvalue weighted by atomic mass is 10.1. The molecule has 2 aromatic rings. The van der Waals surface area contributed by atoms with E-state index in [9.17, 15) is 9.59 Å². The first-order valence-electron chi connectivity index (χ1n) is 8.65. The molecule has 0 aliphatic carbocycles. The maximum Gasteiger partial charge on any atom is 0.265 e.